The minimum atomic E-state index is 0.0488. The van der Waals surface area contributed by atoms with Crippen LogP contribution >= 0.6 is 0 Å². The van der Waals surface area contributed by atoms with E-state index < -0.39 is 0 Å². The Morgan fingerprint density at radius 1 is 1.50 bits per heavy atom. The Labute approximate surface area is 82.3 Å². The first-order chi connectivity index (χ1) is 6.72. The number of nitrogens with zero attached hydrogens (tertiary/aromatic N) is 1. The first kappa shape index (κ1) is 8.94. The fraction of sp³-hybridized carbons (Fsp3) is 0.273. The van der Waals surface area contributed by atoms with E-state index in [1.165, 1.54) is 0 Å². The number of carbonyl (C=O) groups is 2. The number of carbonyl (C=O) groups excluding carboxylic acids is 2. The van der Waals surface area contributed by atoms with Gasteiger partial charge in [0.15, 0.2) is 0 Å². The van der Waals surface area contributed by atoms with Crippen molar-refractivity contribution >= 4 is 12.2 Å². The summed E-state index contributed by atoms with van der Waals surface area (Å²) < 4.78 is 0. The minimum absolute atomic E-state index is 0.0488. The molecule has 0 aliphatic carbocycles. The lowest BCUT2D eigenvalue weighted by Gasteiger charge is -2.04. The van der Waals surface area contributed by atoms with Crippen LogP contribution < -0.4 is 0 Å². The second-order valence-electron chi connectivity index (χ2n) is 3.52. The van der Waals surface area contributed by atoms with Crippen LogP contribution in [0.1, 0.15) is 21.5 Å². The molecule has 14 heavy (non-hydrogen) atoms. The normalized spacial score (nSPS) is 14.4. The number of amides is 1. The van der Waals surface area contributed by atoms with Gasteiger partial charge in [-0.3, -0.25) is 4.79 Å². The van der Waals surface area contributed by atoms with Gasteiger partial charge in [-0.25, -0.2) is 0 Å². The highest BCUT2D eigenvalue weighted by atomic mass is 16.2. The van der Waals surface area contributed by atoms with Gasteiger partial charge in [-0.2, -0.15) is 0 Å². The molecule has 0 radical (unpaired) electrons. The SMILES string of the molecule is CN1Cc2ccc(CC=O)cc2C1=O. The van der Waals surface area contributed by atoms with E-state index in [1.807, 2.05) is 18.2 Å². The van der Waals surface area contributed by atoms with Crippen molar-refractivity contribution in [3.05, 3.63) is 34.9 Å². The first-order valence-electron chi connectivity index (χ1n) is 4.53. The van der Waals surface area contributed by atoms with Crippen molar-refractivity contribution in [2.45, 2.75) is 13.0 Å². The van der Waals surface area contributed by atoms with Gasteiger partial charge in [0.25, 0.3) is 5.91 Å². The first-order valence-corrected chi connectivity index (χ1v) is 4.53. The molecule has 0 fully saturated rings. The van der Waals surface area contributed by atoms with E-state index in [0.29, 0.717) is 13.0 Å². The molecule has 0 aromatic heterocycles. The molecule has 1 heterocycles. The van der Waals surface area contributed by atoms with Gasteiger partial charge >= 0.3 is 0 Å². The minimum Gasteiger partial charge on any atom is -0.337 e. The predicted molar refractivity (Wildman–Crippen MR) is 52.0 cm³/mol. The average Bonchev–Trinajstić information content (AvgIpc) is 2.45. The molecule has 3 heteroatoms. The molecule has 0 bridgehead atoms. The van der Waals surface area contributed by atoms with Crippen LogP contribution in [-0.4, -0.2) is 24.1 Å². The molecule has 0 spiro atoms. The zero-order valence-corrected chi connectivity index (χ0v) is 7.99. The maximum atomic E-state index is 11.6. The van der Waals surface area contributed by atoms with E-state index in [2.05, 4.69) is 0 Å². The van der Waals surface area contributed by atoms with Crippen molar-refractivity contribution in [2.24, 2.45) is 0 Å². The molecular formula is C11H11NO2. The maximum Gasteiger partial charge on any atom is 0.254 e. The van der Waals surface area contributed by atoms with Gasteiger partial charge in [-0.15, -0.1) is 0 Å². The van der Waals surface area contributed by atoms with Gasteiger partial charge in [-0.1, -0.05) is 12.1 Å². The Morgan fingerprint density at radius 2 is 2.29 bits per heavy atom. The molecule has 0 unspecified atom stereocenters. The topological polar surface area (TPSA) is 37.4 Å². The lowest BCUT2D eigenvalue weighted by Crippen LogP contribution is -2.17. The third-order valence-corrected chi connectivity index (χ3v) is 2.48. The molecule has 1 aromatic carbocycles. The van der Waals surface area contributed by atoms with Crippen molar-refractivity contribution in [3.8, 4) is 0 Å². The summed E-state index contributed by atoms with van der Waals surface area (Å²) in [5.74, 6) is 0.0488. The van der Waals surface area contributed by atoms with Crippen LogP contribution in [0.15, 0.2) is 18.2 Å². The third-order valence-electron chi connectivity index (χ3n) is 2.48. The highest BCUT2D eigenvalue weighted by Gasteiger charge is 2.23. The van der Waals surface area contributed by atoms with Crippen molar-refractivity contribution in [3.63, 3.8) is 0 Å². The van der Waals surface area contributed by atoms with Crippen LogP contribution in [0.3, 0.4) is 0 Å². The molecule has 1 aromatic rings. The molecule has 0 N–H and O–H groups in total. The number of fused-ring (bicyclic) bond motifs is 1. The van der Waals surface area contributed by atoms with Crippen LogP contribution in [-0.2, 0) is 17.8 Å². The summed E-state index contributed by atoms with van der Waals surface area (Å²) >= 11 is 0. The zero-order valence-electron chi connectivity index (χ0n) is 7.99. The summed E-state index contributed by atoms with van der Waals surface area (Å²) in [4.78, 5) is 23.6. The third kappa shape index (κ3) is 1.31. The quantitative estimate of drug-likeness (QED) is 0.651. The second-order valence-corrected chi connectivity index (χ2v) is 3.52. The molecule has 2 rings (SSSR count). The molecule has 1 aliphatic rings. The summed E-state index contributed by atoms with van der Waals surface area (Å²) in [6, 6.07) is 5.64. The largest absolute Gasteiger partial charge is 0.337 e. The van der Waals surface area contributed by atoms with Gasteiger partial charge in [-0.05, 0) is 17.2 Å². The second kappa shape index (κ2) is 3.25. The molecule has 1 aliphatic heterocycles. The maximum absolute atomic E-state index is 11.6. The number of benzene rings is 1. The summed E-state index contributed by atoms with van der Waals surface area (Å²) in [6.07, 6.45) is 1.23. The highest BCUT2D eigenvalue weighted by molar-refractivity contribution is 5.98. The van der Waals surface area contributed by atoms with E-state index >= 15 is 0 Å². The summed E-state index contributed by atoms with van der Waals surface area (Å²) in [5, 5.41) is 0. The summed E-state index contributed by atoms with van der Waals surface area (Å²) in [7, 11) is 1.78. The smallest absolute Gasteiger partial charge is 0.254 e. The van der Waals surface area contributed by atoms with E-state index in [0.717, 1.165) is 23.0 Å². The zero-order chi connectivity index (χ0) is 10.1. The van der Waals surface area contributed by atoms with Crippen LogP contribution in [0.2, 0.25) is 0 Å². The van der Waals surface area contributed by atoms with Crippen molar-refractivity contribution < 1.29 is 9.59 Å². The van der Waals surface area contributed by atoms with Crippen molar-refractivity contribution in [1.29, 1.82) is 0 Å². The summed E-state index contributed by atoms with van der Waals surface area (Å²) in [6.45, 7) is 0.676. The van der Waals surface area contributed by atoms with Gasteiger partial charge < -0.3 is 9.69 Å². The predicted octanol–water partition coefficient (Wildman–Crippen LogP) is 1.01. The van der Waals surface area contributed by atoms with E-state index in [9.17, 15) is 9.59 Å². The van der Waals surface area contributed by atoms with Crippen LogP contribution in [0.4, 0.5) is 0 Å². The van der Waals surface area contributed by atoms with Crippen LogP contribution in [0, 0.1) is 0 Å². The Balaban J connectivity index is 2.41. The number of rotatable bonds is 2. The van der Waals surface area contributed by atoms with Gasteiger partial charge in [0.05, 0.1) is 0 Å². The molecule has 0 saturated heterocycles. The molecule has 0 saturated carbocycles. The van der Waals surface area contributed by atoms with Crippen LogP contribution in [0.5, 0.6) is 0 Å². The van der Waals surface area contributed by atoms with E-state index in [4.69, 9.17) is 0 Å². The lowest BCUT2D eigenvalue weighted by atomic mass is 10.0. The molecular weight excluding hydrogens is 178 g/mol. The molecule has 3 nitrogen and oxygen atoms in total. The van der Waals surface area contributed by atoms with Gasteiger partial charge in [0.1, 0.15) is 6.29 Å². The molecule has 1 amide bonds. The fourth-order valence-corrected chi connectivity index (χ4v) is 1.72. The molecule has 72 valence electrons. The molecule has 0 atom stereocenters. The standard InChI is InChI=1S/C11H11NO2/c1-12-7-9-3-2-8(4-5-13)6-10(9)11(12)14/h2-3,5-6H,4,7H2,1H3. The highest BCUT2D eigenvalue weighted by Crippen LogP contribution is 2.22. The monoisotopic (exact) mass is 189 g/mol. The van der Waals surface area contributed by atoms with Crippen molar-refractivity contribution in [2.75, 3.05) is 7.05 Å². The number of aldehydes is 1. The number of hydrogen-bond acceptors (Lipinski definition) is 2. The Hall–Kier alpha value is -1.64. The Bertz CT molecular complexity index is 398. The van der Waals surface area contributed by atoms with Gasteiger partial charge in [0.2, 0.25) is 0 Å². The van der Waals surface area contributed by atoms with E-state index in [1.54, 1.807) is 11.9 Å². The Kier molecular flexibility index (Phi) is 2.08. The van der Waals surface area contributed by atoms with Crippen LogP contribution in [0.25, 0.3) is 0 Å². The van der Waals surface area contributed by atoms with Gasteiger partial charge in [0, 0.05) is 25.6 Å². The fourth-order valence-electron chi connectivity index (χ4n) is 1.72. The van der Waals surface area contributed by atoms with Crippen molar-refractivity contribution in [1.82, 2.24) is 4.90 Å². The number of hydrogen-bond donors (Lipinski definition) is 0. The average molecular weight is 189 g/mol. The Morgan fingerprint density at radius 3 is 3.00 bits per heavy atom. The van der Waals surface area contributed by atoms with E-state index in [-0.39, 0.29) is 5.91 Å². The lowest BCUT2D eigenvalue weighted by molar-refractivity contribution is -0.107. The summed E-state index contributed by atoms with van der Waals surface area (Å²) in [5.41, 5.74) is 2.70.